The molecule has 0 aliphatic heterocycles. The summed E-state index contributed by atoms with van der Waals surface area (Å²) in [5.41, 5.74) is -0.546. The number of carbonyl (C=O) groups is 2. The standard InChI is InChI=1S/C20H21N5O5/c1-12-22-11-16(29-12)15-9-13(7-8-21-15)30-14-5-6-17(23-10-14)24-19(27)25-18(26)20(2,3)28-4/h5-11H,1-4H3,(H2,23,24,25,26,27). The minimum absolute atomic E-state index is 0.246. The Morgan fingerprint density at radius 1 is 1.07 bits per heavy atom. The van der Waals surface area contributed by atoms with E-state index in [0.717, 1.165) is 0 Å². The third-order valence-electron chi connectivity index (χ3n) is 4.10. The van der Waals surface area contributed by atoms with Crippen molar-refractivity contribution in [2.24, 2.45) is 0 Å². The van der Waals surface area contributed by atoms with Crippen LogP contribution in [0.5, 0.6) is 11.5 Å². The maximum absolute atomic E-state index is 11.9. The lowest BCUT2D eigenvalue weighted by Crippen LogP contribution is -2.47. The molecule has 0 radical (unpaired) electrons. The normalized spacial score (nSPS) is 11.1. The molecule has 0 bridgehead atoms. The number of pyridine rings is 2. The van der Waals surface area contributed by atoms with Gasteiger partial charge in [-0.05, 0) is 32.0 Å². The molecular formula is C20H21N5O5. The van der Waals surface area contributed by atoms with Gasteiger partial charge in [0.2, 0.25) is 0 Å². The van der Waals surface area contributed by atoms with Crippen molar-refractivity contribution in [1.82, 2.24) is 20.3 Å². The lowest BCUT2D eigenvalue weighted by atomic mass is 10.1. The average Bonchev–Trinajstić information content (AvgIpc) is 3.16. The molecule has 30 heavy (non-hydrogen) atoms. The highest BCUT2D eigenvalue weighted by Crippen LogP contribution is 2.26. The molecule has 3 heterocycles. The summed E-state index contributed by atoms with van der Waals surface area (Å²) in [5.74, 6) is 1.73. The van der Waals surface area contributed by atoms with Gasteiger partial charge in [-0.1, -0.05) is 0 Å². The van der Waals surface area contributed by atoms with E-state index in [4.69, 9.17) is 13.9 Å². The Morgan fingerprint density at radius 2 is 1.87 bits per heavy atom. The SMILES string of the molecule is COC(C)(C)C(=O)NC(=O)Nc1ccc(Oc2ccnc(-c3cnc(C)o3)c2)cn1. The van der Waals surface area contributed by atoms with E-state index < -0.39 is 17.5 Å². The average molecular weight is 411 g/mol. The second-order valence-corrected chi connectivity index (χ2v) is 6.72. The van der Waals surface area contributed by atoms with E-state index in [0.29, 0.717) is 28.8 Å². The van der Waals surface area contributed by atoms with Gasteiger partial charge in [0.15, 0.2) is 11.7 Å². The summed E-state index contributed by atoms with van der Waals surface area (Å²) in [4.78, 5) is 36.3. The smallest absolute Gasteiger partial charge is 0.327 e. The van der Waals surface area contributed by atoms with Crippen LogP contribution >= 0.6 is 0 Å². The van der Waals surface area contributed by atoms with Crippen LogP contribution in [-0.2, 0) is 9.53 Å². The van der Waals surface area contributed by atoms with Gasteiger partial charge in [0, 0.05) is 26.3 Å². The zero-order valence-electron chi connectivity index (χ0n) is 16.9. The first-order chi connectivity index (χ1) is 14.3. The summed E-state index contributed by atoms with van der Waals surface area (Å²) in [5, 5.41) is 4.66. The zero-order valence-corrected chi connectivity index (χ0v) is 16.9. The lowest BCUT2D eigenvalue weighted by Gasteiger charge is -2.20. The molecule has 0 aliphatic rings. The highest BCUT2D eigenvalue weighted by molar-refractivity contribution is 6.03. The largest absolute Gasteiger partial charge is 0.456 e. The summed E-state index contributed by atoms with van der Waals surface area (Å²) in [7, 11) is 1.38. The molecule has 3 aromatic heterocycles. The Kier molecular flexibility index (Phi) is 6.07. The van der Waals surface area contributed by atoms with Gasteiger partial charge in [0.1, 0.15) is 28.6 Å². The number of oxazole rings is 1. The number of urea groups is 1. The van der Waals surface area contributed by atoms with Crippen molar-refractivity contribution in [1.29, 1.82) is 0 Å². The fourth-order valence-corrected chi connectivity index (χ4v) is 2.23. The second-order valence-electron chi connectivity index (χ2n) is 6.72. The van der Waals surface area contributed by atoms with Gasteiger partial charge < -0.3 is 13.9 Å². The molecule has 0 saturated carbocycles. The molecule has 0 saturated heterocycles. The number of aryl methyl sites for hydroxylation is 1. The van der Waals surface area contributed by atoms with Crippen molar-refractivity contribution >= 4 is 17.8 Å². The summed E-state index contributed by atoms with van der Waals surface area (Å²) in [6.07, 6.45) is 4.62. The van der Waals surface area contributed by atoms with Crippen molar-refractivity contribution in [3.63, 3.8) is 0 Å². The van der Waals surface area contributed by atoms with Crippen molar-refractivity contribution in [2.45, 2.75) is 26.4 Å². The van der Waals surface area contributed by atoms with E-state index >= 15 is 0 Å². The quantitative estimate of drug-likeness (QED) is 0.632. The van der Waals surface area contributed by atoms with E-state index in [-0.39, 0.29) is 5.82 Å². The summed E-state index contributed by atoms with van der Waals surface area (Å²) >= 11 is 0. The molecule has 3 rings (SSSR count). The molecule has 3 amide bonds. The number of nitrogens with zero attached hydrogens (tertiary/aromatic N) is 3. The van der Waals surface area contributed by atoms with Gasteiger partial charge in [-0.25, -0.2) is 14.8 Å². The van der Waals surface area contributed by atoms with Crippen molar-refractivity contribution in [3.8, 4) is 23.0 Å². The van der Waals surface area contributed by atoms with Crippen molar-refractivity contribution in [3.05, 3.63) is 48.7 Å². The van der Waals surface area contributed by atoms with Crippen molar-refractivity contribution in [2.75, 3.05) is 12.4 Å². The van der Waals surface area contributed by atoms with Crippen molar-refractivity contribution < 1.29 is 23.5 Å². The van der Waals surface area contributed by atoms with Gasteiger partial charge in [-0.2, -0.15) is 0 Å². The third-order valence-corrected chi connectivity index (χ3v) is 4.10. The zero-order chi connectivity index (χ0) is 21.7. The number of anilines is 1. The minimum atomic E-state index is -1.13. The molecule has 0 unspecified atom stereocenters. The second kappa shape index (κ2) is 8.70. The van der Waals surface area contributed by atoms with Crippen LogP contribution in [0.25, 0.3) is 11.5 Å². The fraction of sp³-hybridized carbons (Fsp3) is 0.250. The third kappa shape index (κ3) is 5.17. The maximum Gasteiger partial charge on any atom is 0.327 e. The Bertz CT molecular complexity index is 1050. The monoisotopic (exact) mass is 411 g/mol. The van der Waals surface area contributed by atoms with Crippen LogP contribution in [0.4, 0.5) is 10.6 Å². The van der Waals surface area contributed by atoms with Crippen LogP contribution in [0, 0.1) is 6.92 Å². The highest BCUT2D eigenvalue weighted by atomic mass is 16.5. The Labute approximate surface area is 172 Å². The summed E-state index contributed by atoms with van der Waals surface area (Å²) < 4.78 is 16.3. The predicted octanol–water partition coefficient (Wildman–Crippen LogP) is 3.31. The molecular weight excluding hydrogens is 390 g/mol. The van der Waals surface area contributed by atoms with Crippen LogP contribution in [-0.4, -0.2) is 39.6 Å². The molecule has 0 aromatic carbocycles. The van der Waals surface area contributed by atoms with Crippen LogP contribution in [0.15, 0.2) is 47.3 Å². The van der Waals surface area contributed by atoms with E-state index in [1.54, 1.807) is 57.4 Å². The molecule has 0 aliphatic carbocycles. The van der Waals surface area contributed by atoms with Crippen LogP contribution in [0.3, 0.4) is 0 Å². The molecule has 2 N–H and O–H groups in total. The summed E-state index contributed by atoms with van der Waals surface area (Å²) in [6.45, 7) is 4.85. The van der Waals surface area contributed by atoms with Gasteiger partial charge in [0.05, 0.1) is 12.4 Å². The number of aromatic nitrogens is 3. The molecule has 10 heteroatoms. The van der Waals surface area contributed by atoms with Gasteiger partial charge in [0.25, 0.3) is 5.91 Å². The number of hydrogen-bond donors (Lipinski definition) is 2. The number of ether oxygens (including phenoxy) is 2. The minimum Gasteiger partial charge on any atom is -0.456 e. The molecule has 3 aromatic rings. The van der Waals surface area contributed by atoms with E-state index in [2.05, 4.69) is 25.6 Å². The molecule has 0 spiro atoms. The summed E-state index contributed by atoms with van der Waals surface area (Å²) in [6, 6.07) is 5.86. The topological polar surface area (TPSA) is 128 Å². The number of nitrogens with one attached hydrogen (secondary N) is 2. The lowest BCUT2D eigenvalue weighted by molar-refractivity contribution is -0.138. The Hall–Kier alpha value is -3.79. The van der Waals surface area contributed by atoms with E-state index in [1.165, 1.54) is 13.3 Å². The van der Waals surface area contributed by atoms with Crippen LogP contribution in [0.1, 0.15) is 19.7 Å². The molecule has 10 nitrogen and oxygen atoms in total. The first-order valence-electron chi connectivity index (χ1n) is 8.97. The van der Waals surface area contributed by atoms with E-state index in [1.807, 2.05) is 0 Å². The number of methoxy groups -OCH3 is 1. The Morgan fingerprint density at radius 3 is 2.50 bits per heavy atom. The molecule has 0 atom stereocenters. The van der Waals surface area contributed by atoms with Crippen LogP contribution < -0.4 is 15.4 Å². The molecule has 0 fully saturated rings. The number of imide groups is 1. The number of carbonyl (C=O) groups excluding carboxylic acids is 2. The van der Waals surface area contributed by atoms with Gasteiger partial charge in [-0.3, -0.25) is 20.4 Å². The maximum atomic E-state index is 11.9. The predicted molar refractivity (Wildman–Crippen MR) is 107 cm³/mol. The van der Waals surface area contributed by atoms with E-state index in [9.17, 15) is 9.59 Å². The molecule has 156 valence electrons. The van der Waals surface area contributed by atoms with Crippen LogP contribution in [0.2, 0.25) is 0 Å². The number of rotatable bonds is 6. The fourth-order valence-electron chi connectivity index (χ4n) is 2.23. The highest BCUT2D eigenvalue weighted by Gasteiger charge is 2.28. The van der Waals surface area contributed by atoms with Gasteiger partial charge in [-0.15, -0.1) is 0 Å². The van der Waals surface area contributed by atoms with Gasteiger partial charge >= 0.3 is 6.03 Å². The Balaban J connectivity index is 1.61. The number of amides is 3. The number of hydrogen-bond acceptors (Lipinski definition) is 8. The first kappa shape index (κ1) is 20.9. The first-order valence-corrected chi connectivity index (χ1v) is 8.97.